The van der Waals surface area contributed by atoms with Crippen molar-refractivity contribution in [2.45, 2.75) is 6.42 Å². The van der Waals surface area contributed by atoms with Gasteiger partial charge in [-0.15, -0.1) is 0 Å². The maximum absolute atomic E-state index is 6.19. The van der Waals surface area contributed by atoms with E-state index in [2.05, 4.69) is 32.2 Å². The fourth-order valence-electron chi connectivity index (χ4n) is 1.98. The Labute approximate surface area is 110 Å². The van der Waals surface area contributed by atoms with Crippen LogP contribution in [-0.2, 0) is 6.42 Å². The molecule has 1 heterocycles. The molecule has 4 heteroatoms. The summed E-state index contributed by atoms with van der Waals surface area (Å²) in [5.41, 5.74) is 1.22. The highest BCUT2D eigenvalue weighted by atomic mass is 79.9. The van der Waals surface area contributed by atoms with Gasteiger partial charge in [-0.05, 0) is 24.1 Å². The normalized spacial score (nSPS) is 17.6. The van der Waals surface area contributed by atoms with Crippen molar-refractivity contribution in [1.82, 2.24) is 10.2 Å². The summed E-state index contributed by atoms with van der Waals surface area (Å²) in [6, 6.07) is 5.99. The summed E-state index contributed by atoms with van der Waals surface area (Å²) in [7, 11) is 0. The topological polar surface area (TPSA) is 15.3 Å². The molecule has 1 N–H and O–H groups in total. The zero-order valence-corrected chi connectivity index (χ0v) is 11.5. The Hall–Kier alpha value is -0.0900. The van der Waals surface area contributed by atoms with Crippen LogP contribution in [0.25, 0.3) is 0 Å². The first-order valence-electron chi connectivity index (χ1n) is 5.63. The van der Waals surface area contributed by atoms with E-state index in [9.17, 15) is 0 Å². The molecule has 0 aromatic heterocycles. The smallest absolute Gasteiger partial charge is 0.0449 e. The quantitative estimate of drug-likeness (QED) is 0.923. The number of piperazine rings is 1. The van der Waals surface area contributed by atoms with E-state index in [1.54, 1.807) is 0 Å². The van der Waals surface area contributed by atoms with E-state index in [0.717, 1.165) is 48.6 Å². The summed E-state index contributed by atoms with van der Waals surface area (Å²) >= 11 is 9.74. The lowest BCUT2D eigenvalue weighted by atomic mass is 10.1. The van der Waals surface area contributed by atoms with Crippen LogP contribution < -0.4 is 5.32 Å². The number of rotatable bonds is 3. The molecule has 0 saturated carbocycles. The molecule has 1 fully saturated rings. The largest absolute Gasteiger partial charge is 0.314 e. The highest BCUT2D eigenvalue weighted by Crippen LogP contribution is 2.25. The minimum atomic E-state index is 0.865. The molecule has 1 aliphatic heterocycles. The molecular formula is C12H16BrClN2. The molecule has 0 atom stereocenters. The van der Waals surface area contributed by atoms with Gasteiger partial charge in [0.05, 0.1) is 0 Å². The fourth-order valence-corrected chi connectivity index (χ4v) is 2.92. The molecule has 16 heavy (non-hydrogen) atoms. The third-order valence-corrected chi connectivity index (χ3v) is 4.05. The van der Waals surface area contributed by atoms with Gasteiger partial charge in [-0.2, -0.15) is 0 Å². The third-order valence-electron chi connectivity index (χ3n) is 2.95. The molecule has 1 aromatic carbocycles. The average Bonchev–Trinajstić information content (AvgIpc) is 2.30. The minimum Gasteiger partial charge on any atom is -0.314 e. The van der Waals surface area contributed by atoms with E-state index in [1.807, 2.05) is 12.1 Å². The molecule has 2 nitrogen and oxygen atoms in total. The summed E-state index contributed by atoms with van der Waals surface area (Å²) in [5.74, 6) is 0. The lowest BCUT2D eigenvalue weighted by molar-refractivity contribution is 0.244. The maximum Gasteiger partial charge on any atom is 0.0449 e. The first kappa shape index (κ1) is 12.4. The predicted molar refractivity (Wildman–Crippen MR) is 72.2 cm³/mol. The molecule has 0 aliphatic carbocycles. The second kappa shape index (κ2) is 6.01. The van der Waals surface area contributed by atoms with Crippen molar-refractivity contribution >= 4 is 27.5 Å². The predicted octanol–water partition coefficient (Wildman–Crippen LogP) is 2.55. The Morgan fingerprint density at radius 1 is 1.31 bits per heavy atom. The standard InChI is InChI=1S/C12H16BrClN2/c13-11-2-1-3-12(14)10(11)4-7-16-8-5-15-6-9-16/h1-3,15H,4-9H2. The number of hydrogen-bond acceptors (Lipinski definition) is 2. The maximum atomic E-state index is 6.19. The summed E-state index contributed by atoms with van der Waals surface area (Å²) in [6.45, 7) is 5.57. The van der Waals surface area contributed by atoms with Crippen molar-refractivity contribution in [2.75, 3.05) is 32.7 Å². The molecule has 0 unspecified atom stereocenters. The summed E-state index contributed by atoms with van der Waals surface area (Å²) in [6.07, 6.45) is 1.01. The lowest BCUT2D eigenvalue weighted by Gasteiger charge is -2.27. The number of nitrogens with zero attached hydrogens (tertiary/aromatic N) is 1. The summed E-state index contributed by atoms with van der Waals surface area (Å²) in [4.78, 5) is 2.48. The third kappa shape index (κ3) is 3.20. The molecule has 1 aromatic rings. The van der Waals surface area contributed by atoms with E-state index >= 15 is 0 Å². The SMILES string of the molecule is Clc1cccc(Br)c1CCN1CCNCC1. The van der Waals surface area contributed by atoms with Gasteiger partial charge in [0.15, 0.2) is 0 Å². The Balaban J connectivity index is 1.93. The minimum absolute atomic E-state index is 0.865. The summed E-state index contributed by atoms with van der Waals surface area (Å²) < 4.78 is 1.12. The highest BCUT2D eigenvalue weighted by molar-refractivity contribution is 9.10. The van der Waals surface area contributed by atoms with Crippen molar-refractivity contribution in [3.05, 3.63) is 33.3 Å². The van der Waals surface area contributed by atoms with Crippen LogP contribution in [-0.4, -0.2) is 37.6 Å². The Bertz CT molecular complexity index is 331. The fraction of sp³-hybridized carbons (Fsp3) is 0.500. The van der Waals surface area contributed by atoms with Gasteiger partial charge in [0.25, 0.3) is 0 Å². The first-order chi connectivity index (χ1) is 7.77. The van der Waals surface area contributed by atoms with Crippen molar-refractivity contribution in [1.29, 1.82) is 0 Å². The van der Waals surface area contributed by atoms with E-state index in [1.165, 1.54) is 5.56 Å². The monoisotopic (exact) mass is 302 g/mol. The van der Waals surface area contributed by atoms with Crippen LogP contribution in [0.2, 0.25) is 5.02 Å². The van der Waals surface area contributed by atoms with Gasteiger partial charge in [-0.1, -0.05) is 33.6 Å². The van der Waals surface area contributed by atoms with Gasteiger partial charge in [0.2, 0.25) is 0 Å². The number of halogens is 2. The average molecular weight is 304 g/mol. The van der Waals surface area contributed by atoms with Crippen molar-refractivity contribution < 1.29 is 0 Å². The lowest BCUT2D eigenvalue weighted by Crippen LogP contribution is -2.44. The molecule has 0 radical (unpaired) electrons. The number of benzene rings is 1. The highest BCUT2D eigenvalue weighted by Gasteiger charge is 2.11. The molecule has 1 saturated heterocycles. The van der Waals surface area contributed by atoms with Crippen LogP contribution >= 0.6 is 27.5 Å². The van der Waals surface area contributed by atoms with Gasteiger partial charge in [-0.25, -0.2) is 0 Å². The Morgan fingerprint density at radius 3 is 2.75 bits per heavy atom. The van der Waals surface area contributed by atoms with Crippen molar-refractivity contribution in [3.8, 4) is 0 Å². The van der Waals surface area contributed by atoms with E-state index in [4.69, 9.17) is 11.6 Å². The van der Waals surface area contributed by atoms with Gasteiger partial charge in [0.1, 0.15) is 0 Å². The van der Waals surface area contributed by atoms with Gasteiger partial charge in [-0.3, -0.25) is 0 Å². The molecule has 0 spiro atoms. The molecule has 0 amide bonds. The summed E-state index contributed by atoms with van der Waals surface area (Å²) in [5, 5.41) is 4.22. The molecule has 2 rings (SSSR count). The Morgan fingerprint density at radius 2 is 2.06 bits per heavy atom. The van der Waals surface area contributed by atoms with Gasteiger partial charge in [0, 0.05) is 42.2 Å². The Kier molecular flexibility index (Phi) is 4.65. The van der Waals surface area contributed by atoms with E-state index in [0.29, 0.717) is 0 Å². The number of hydrogen-bond donors (Lipinski definition) is 1. The van der Waals surface area contributed by atoms with Crippen LogP contribution in [0.15, 0.2) is 22.7 Å². The molecule has 1 aliphatic rings. The zero-order valence-electron chi connectivity index (χ0n) is 9.18. The van der Waals surface area contributed by atoms with Crippen LogP contribution in [0.1, 0.15) is 5.56 Å². The second-order valence-corrected chi connectivity index (χ2v) is 5.30. The molecular weight excluding hydrogens is 288 g/mol. The van der Waals surface area contributed by atoms with Gasteiger partial charge < -0.3 is 10.2 Å². The second-order valence-electron chi connectivity index (χ2n) is 4.04. The van der Waals surface area contributed by atoms with Gasteiger partial charge >= 0.3 is 0 Å². The van der Waals surface area contributed by atoms with Crippen molar-refractivity contribution in [2.24, 2.45) is 0 Å². The molecule has 88 valence electrons. The first-order valence-corrected chi connectivity index (χ1v) is 6.80. The van der Waals surface area contributed by atoms with Crippen LogP contribution in [0, 0.1) is 0 Å². The van der Waals surface area contributed by atoms with Crippen LogP contribution in [0.4, 0.5) is 0 Å². The van der Waals surface area contributed by atoms with E-state index in [-0.39, 0.29) is 0 Å². The van der Waals surface area contributed by atoms with E-state index < -0.39 is 0 Å². The zero-order chi connectivity index (χ0) is 11.4. The number of nitrogens with one attached hydrogen (secondary N) is 1. The van der Waals surface area contributed by atoms with Crippen LogP contribution in [0.5, 0.6) is 0 Å². The molecule has 0 bridgehead atoms. The van der Waals surface area contributed by atoms with Crippen LogP contribution in [0.3, 0.4) is 0 Å². The van der Waals surface area contributed by atoms with Crippen molar-refractivity contribution in [3.63, 3.8) is 0 Å².